The average molecular weight is 345 g/mol. The summed E-state index contributed by atoms with van der Waals surface area (Å²) in [7, 11) is 1.62. The van der Waals surface area contributed by atoms with Crippen molar-refractivity contribution in [1.82, 2.24) is 15.1 Å². The highest BCUT2D eigenvalue weighted by Crippen LogP contribution is 2.24. The van der Waals surface area contributed by atoms with Crippen LogP contribution in [0.2, 0.25) is 0 Å². The fourth-order valence-electron chi connectivity index (χ4n) is 4.06. The van der Waals surface area contributed by atoms with Crippen molar-refractivity contribution in [1.29, 1.82) is 0 Å². The number of benzene rings is 1. The monoisotopic (exact) mass is 345 g/mol. The maximum Gasteiger partial charge on any atom is 0.251 e. The molecule has 1 aliphatic carbocycles. The van der Waals surface area contributed by atoms with Crippen LogP contribution in [0.3, 0.4) is 0 Å². The van der Waals surface area contributed by atoms with Gasteiger partial charge >= 0.3 is 0 Å². The van der Waals surface area contributed by atoms with E-state index in [2.05, 4.69) is 22.0 Å². The minimum atomic E-state index is 0.0129. The quantitative estimate of drug-likeness (QED) is 0.890. The summed E-state index contributed by atoms with van der Waals surface area (Å²) in [5.74, 6) is 0.737. The van der Waals surface area contributed by atoms with E-state index in [-0.39, 0.29) is 5.91 Å². The molecule has 5 heteroatoms. The Morgan fingerprint density at radius 1 is 1.16 bits per heavy atom. The molecule has 1 saturated heterocycles. The van der Waals surface area contributed by atoms with E-state index in [1.54, 1.807) is 13.2 Å². The highest BCUT2D eigenvalue weighted by Gasteiger charge is 2.28. The summed E-state index contributed by atoms with van der Waals surface area (Å²) in [5.41, 5.74) is 0.678. The third kappa shape index (κ3) is 4.73. The Morgan fingerprint density at radius 3 is 2.52 bits per heavy atom. The molecule has 1 aromatic rings. The zero-order valence-corrected chi connectivity index (χ0v) is 15.5. The molecule has 2 aliphatic rings. The van der Waals surface area contributed by atoms with E-state index in [4.69, 9.17) is 4.74 Å². The number of rotatable bonds is 5. The van der Waals surface area contributed by atoms with Crippen LogP contribution in [0.25, 0.3) is 0 Å². The highest BCUT2D eigenvalue weighted by atomic mass is 16.5. The van der Waals surface area contributed by atoms with Gasteiger partial charge in [0.2, 0.25) is 0 Å². The molecule has 1 saturated carbocycles. The molecule has 25 heavy (non-hydrogen) atoms. The van der Waals surface area contributed by atoms with Gasteiger partial charge in [-0.15, -0.1) is 0 Å². The first-order valence-electron chi connectivity index (χ1n) is 9.61. The number of hydrogen-bond acceptors (Lipinski definition) is 4. The molecular weight excluding hydrogens is 314 g/mol. The van der Waals surface area contributed by atoms with Crippen LogP contribution in [-0.2, 0) is 0 Å². The molecule has 138 valence electrons. The average Bonchev–Trinajstić information content (AvgIpc) is 2.68. The van der Waals surface area contributed by atoms with E-state index in [9.17, 15) is 4.79 Å². The molecule has 0 unspecified atom stereocenters. The molecule has 0 spiro atoms. The molecule has 1 aliphatic heterocycles. The standard InChI is InChI=1S/C20H31N3O2/c1-3-22-11-13-23(14-12-22)18-9-7-17(8-10-18)21-20(24)16-5-4-6-19(15-16)25-2/h4-6,15,17-18H,3,7-14H2,1-2H3,(H,21,24). The highest BCUT2D eigenvalue weighted by molar-refractivity contribution is 5.94. The number of ether oxygens (including phenoxy) is 1. The van der Waals surface area contributed by atoms with Crippen LogP contribution >= 0.6 is 0 Å². The second-order valence-electron chi connectivity index (χ2n) is 7.18. The molecule has 0 aromatic heterocycles. The summed E-state index contributed by atoms with van der Waals surface area (Å²) < 4.78 is 5.20. The molecule has 0 radical (unpaired) electrons. The van der Waals surface area contributed by atoms with Crippen LogP contribution in [-0.4, -0.2) is 67.6 Å². The first-order valence-corrected chi connectivity index (χ1v) is 9.61. The number of hydrogen-bond donors (Lipinski definition) is 1. The molecule has 2 fully saturated rings. The van der Waals surface area contributed by atoms with Crippen LogP contribution < -0.4 is 10.1 Å². The number of amides is 1. The van der Waals surface area contributed by atoms with E-state index in [0.717, 1.165) is 25.1 Å². The number of likely N-dealkylation sites (N-methyl/N-ethyl adjacent to an activating group) is 1. The zero-order chi connectivity index (χ0) is 17.6. The predicted octanol–water partition coefficient (Wildman–Crippen LogP) is 2.37. The SMILES string of the molecule is CCN1CCN(C2CCC(NC(=O)c3cccc(OC)c3)CC2)CC1. The Hall–Kier alpha value is -1.59. The molecule has 1 heterocycles. The van der Waals surface area contributed by atoms with Gasteiger partial charge in [0, 0.05) is 43.8 Å². The molecule has 3 rings (SSSR count). The Morgan fingerprint density at radius 2 is 1.88 bits per heavy atom. The third-order valence-corrected chi connectivity index (χ3v) is 5.73. The van der Waals surface area contributed by atoms with Crippen molar-refractivity contribution >= 4 is 5.91 Å². The first kappa shape index (κ1) is 18.2. The third-order valence-electron chi connectivity index (χ3n) is 5.73. The molecule has 1 aromatic carbocycles. The normalized spacial score (nSPS) is 25.5. The lowest BCUT2D eigenvalue weighted by atomic mass is 9.89. The number of carbonyl (C=O) groups excluding carboxylic acids is 1. The van der Waals surface area contributed by atoms with Crippen LogP contribution in [0.15, 0.2) is 24.3 Å². The number of carbonyl (C=O) groups is 1. The van der Waals surface area contributed by atoms with Crippen molar-refractivity contribution in [3.05, 3.63) is 29.8 Å². The van der Waals surface area contributed by atoms with Crippen molar-refractivity contribution < 1.29 is 9.53 Å². The topological polar surface area (TPSA) is 44.8 Å². The van der Waals surface area contributed by atoms with E-state index < -0.39 is 0 Å². The van der Waals surface area contributed by atoms with Gasteiger partial charge in [-0.3, -0.25) is 9.69 Å². The van der Waals surface area contributed by atoms with Crippen molar-refractivity contribution in [2.45, 2.75) is 44.7 Å². The Bertz CT molecular complexity index is 562. The summed E-state index contributed by atoms with van der Waals surface area (Å²) in [6.07, 6.45) is 4.53. The van der Waals surface area contributed by atoms with Crippen LogP contribution in [0.5, 0.6) is 5.75 Å². The summed E-state index contributed by atoms with van der Waals surface area (Å²) >= 11 is 0. The van der Waals surface area contributed by atoms with Gasteiger partial charge in [-0.25, -0.2) is 0 Å². The molecular formula is C20H31N3O2. The van der Waals surface area contributed by atoms with Gasteiger partial charge in [-0.2, -0.15) is 0 Å². The maximum absolute atomic E-state index is 12.5. The Kier molecular flexibility index (Phi) is 6.32. The largest absolute Gasteiger partial charge is 0.497 e. The second kappa shape index (κ2) is 8.68. The van der Waals surface area contributed by atoms with Gasteiger partial charge < -0.3 is 15.0 Å². The predicted molar refractivity (Wildman–Crippen MR) is 100 cm³/mol. The first-order chi connectivity index (χ1) is 12.2. The molecule has 5 nitrogen and oxygen atoms in total. The lowest BCUT2D eigenvalue weighted by Gasteiger charge is -2.41. The summed E-state index contributed by atoms with van der Waals surface area (Å²) in [6, 6.07) is 8.36. The van der Waals surface area contributed by atoms with Crippen molar-refractivity contribution in [2.24, 2.45) is 0 Å². The van der Waals surface area contributed by atoms with Gasteiger partial charge in [0.1, 0.15) is 5.75 Å². The van der Waals surface area contributed by atoms with Gasteiger partial charge in [0.05, 0.1) is 7.11 Å². The lowest BCUT2D eigenvalue weighted by molar-refractivity contribution is 0.0730. The van der Waals surface area contributed by atoms with E-state index >= 15 is 0 Å². The minimum Gasteiger partial charge on any atom is -0.497 e. The molecule has 0 bridgehead atoms. The van der Waals surface area contributed by atoms with Gasteiger partial charge in [-0.05, 0) is 50.4 Å². The zero-order valence-electron chi connectivity index (χ0n) is 15.5. The summed E-state index contributed by atoms with van der Waals surface area (Å²) in [4.78, 5) is 17.6. The lowest BCUT2D eigenvalue weighted by Crippen LogP contribution is -2.52. The number of methoxy groups -OCH3 is 1. The second-order valence-corrected chi connectivity index (χ2v) is 7.18. The molecule has 1 N–H and O–H groups in total. The van der Waals surface area contributed by atoms with Gasteiger partial charge in [0.25, 0.3) is 5.91 Å². The fraction of sp³-hybridized carbons (Fsp3) is 0.650. The number of nitrogens with one attached hydrogen (secondary N) is 1. The van der Waals surface area contributed by atoms with E-state index in [1.165, 1.54) is 39.0 Å². The van der Waals surface area contributed by atoms with Gasteiger partial charge in [-0.1, -0.05) is 13.0 Å². The van der Waals surface area contributed by atoms with Crippen molar-refractivity contribution in [2.75, 3.05) is 39.8 Å². The Balaban J connectivity index is 1.45. The van der Waals surface area contributed by atoms with Crippen LogP contribution in [0, 0.1) is 0 Å². The van der Waals surface area contributed by atoms with E-state index in [1.807, 2.05) is 18.2 Å². The molecule has 0 atom stereocenters. The number of piperazine rings is 1. The van der Waals surface area contributed by atoms with E-state index in [0.29, 0.717) is 17.6 Å². The summed E-state index contributed by atoms with van der Waals surface area (Å²) in [5, 5.41) is 3.20. The van der Waals surface area contributed by atoms with Crippen LogP contribution in [0.1, 0.15) is 43.0 Å². The van der Waals surface area contributed by atoms with Crippen molar-refractivity contribution in [3.63, 3.8) is 0 Å². The van der Waals surface area contributed by atoms with Crippen molar-refractivity contribution in [3.8, 4) is 5.75 Å². The van der Waals surface area contributed by atoms with Gasteiger partial charge in [0.15, 0.2) is 0 Å². The Labute approximate surface area is 151 Å². The fourth-order valence-corrected chi connectivity index (χ4v) is 4.06. The van der Waals surface area contributed by atoms with Crippen LogP contribution in [0.4, 0.5) is 0 Å². The molecule has 1 amide bonds. The minimum absolute atomic E-state index is 0.0129. The maximum atomic E-state index is 12.5. The number of nitrogens with zero attached hydrogens (tertiary/aromatic N) is 2. The summed E-state index contributed by atoms with van der Waals surface area (Å²) in [6.45, 7) is 8.19. The smallest absolute Gasteiger partial charge is 0.251 e.